The standard InChI is InChI=1S/C10H12BrF3N2/c1-3-15-9(10(12,13)14)8-4-7(11)6(2)5-16-8/h4-5,9,15H,3H2,1-2H3. The van der Waals surface area contributed by atoms with E-state index in [9.17, 15) is 13.2 Å². The van der Waals surface area contributed by atoms with Gasteiger partial charge in [-0.25, -0.2) is 0 Å². The van der Waals surface area contributed by atoms with E-state index in [1.807, 2.05) is 0 Å². The van der Waals surface area contributed by atoms with Crippen molar-refractivity contribution in [2.24, 2.45) is 0 Å². The van der Waals surface area contributed by atoms with Crippen LogP contribution in [0.2, 0.25) is 0 Å². The minimum absolute atomic E-state index is 0.0215. The lowest BCUT2D eigenvalue weighted by molar-refractivity contribution is -0.158. The molecule has 16 heavy (non-hydrogen) atoms. The first-order valence-electron chi connectivity index (χ1n) is 4.78. The summed E-state index contributed by atoms with van der Waals surface area (Å²) in [5, 5.41) is 2.38. The molecule has 1 N–H and O–H groups in total. The van der Waals surface area contributed by atoms with Gasteiger partial charge >= 0.3 is 6.18 Å². The van der Waals surface area contributed by atoms with E-state index in [1.54, 1.807) is 13.8 Å². The smallest absolute Gasteiger partial charge is 0.301 e. The molecule has 0 aliphatic carbocycles. The second-order valence-electron chi connectivity index (χ2n) is 3.39. The van der Waals surface area contributed by atoms with Crippen molar-refractivity contribution >= 4 is 15.9 Å². The Morgan fingerprint density at radius 3 is 2.56 bits per heavy atom. The molecule has 1 rings (SSSR count). The summed E-state index contributed by atoms with van der Waals surface area (Å²) < 4.78 is 38.8. The SMILES string of the molecule is CCNC(c1cc(Br)c(C)cn1)C(F)(F)F. The largest absolute Gasteiger partial charge is 0.409 e. The van der Waals surface area contributed by atoms with Crippen molar-refractivity contribution in [2.75, 3.05) is 6.54 Å². The maximum absolute atomic E-state index is 12.7. The van der Waals surface area contributed by atoms with E-state index in [0.29, 0.717) is 4.47 Å². The van der Waals surface area contributed by atoms with Crippen LogP contribution in [0.25, 0.3) is 0 Å². The van der Waals surface area contributed by atoms with Crippen molar-refractivity contribution in [1.29, 1.82) is 0 Å². The molecule has 1 aromatic rings. The van der Waals surface area contributed by atoms with E-state index >= 15 is 0 Å². The Morgan fingerprint density at radius 1 is 1.50 bits per heavy atom. The predicted molar refractivity (Wildman–Crippen MR) is 59.1 cm³/mol. The summed E-state index contributed by atoms with van der Waals surface area (Å²) in [6.45, 7) is 3.63. The average Bonchev–Trinajstić information content (AvgIpc) is 2.17. The summed E-state index contributed by atoms with van der Waals surface area (Å²) in [4.78, 5) is 3.81. The van der Waals surface area contributed by atoms with E-state index in [1.165, 1.54) is 12.3 Å². The van der Waals surface area contributed by atoms with Gasteiger partial charge in [0.1, 0.15) is 6.04 Å². The Labute approximate surface area is 100 Å². The number of nitrogens with zero attached hydrogens (tertiary/aromatic N) is 1. The van der Waals surface area contributed by atoms with Gasteiger partial charge in [-0.3, -0.25) is 4.98 Å². The lowest BCUT2D eigenvalue weighted by atomic mass is 10.1. The number of pyridine rings is 1. The summed E-state index contributed by atoms with van der Waals surface area (Å²) in [7, 11) is 0. The monoisotopic (exact) mass is 296 g/mol. The fourth-order valence-electron chi connectivity index (χ4n) is 1.26. The molecule has 0 fully saturated rings. The summed E-state index contributed by atoms with van der Waals surface area (Å²) in [5.41, 5.74) is 0.785. The highest BCUT2D eigenvalue weighted by molar-refractivity contribution is 9.10. The van der Waals surface area contributed by atoms with Gasteiger partial charge in [-0.1, -0.05) is 22.9 Å². The summed E-state index contributed by atoms with van der Waals surface area (Å²) in [6, 6.07) is -0.315. The first-order chi connectivity index (χ1) is 7.36. The minimum Gasteiger partial charge on any atom is -0.301 e. The molecule has 90 valence electrons. The van der Waals surface area contributed by atoms with Crippen LogP contribution in [-0.2, 0) is 0 Å². The van der Waals surface area contributed by atoms with Crippen molar-refractivity contribution in [3.05, 3.63) is 28.0 Å². The van der Waals surface area contributed by atoms with Gasteiger partial charge in [0.15, 0.2) is 0 Å². The first kappa shape index (κ1) is 13.4. The van der Waals surface area contributed by atoms with E-state index in [0.717, 1.165) is 5.56 Å². The highest BCUT2D eigenvalue weighted by Gasteiger charge is 2.41. The second-order valence-corrected chi connectivity index (χ2v) is 4.24. The molecule has 0 saturated heterocycles. The number of aryl methyl sites for hydroxylation is 1. The third-order valence-electron chi connectivity index (χ3n) is 2.09. The molecule has 1 aromatic heterocycles. The van der Waals surface area contributed by atoms with Gasteiger partial charge in [0.25, 0.3) is 0 Å². The topological polar surface area (TPSA) is 24.9 Å². The zero-order chi connectivity index (χ0) is 12.3. The van der Waals surface area contributed by atoms with Gasteiger partial charge in [0.05, 0.1) is 5.69 Å². The van der Waals surface area contributed by atoms with Gasteiger partial charge in [0, 0.05) is 10.7 Å². The number of rotatable bonds is 3. The van der Waals surface area contributed by atoms with Gasteiger partial charge in [-0.2, -0.15) is 13.2 Å². The van der Waals surface area contributed by atoms with Crippen LogP contribution >= 0.6 is 15.9 Å². The highest BCUT2D eigenvalue weighted by atomic mass is 79.9. The van der Waals surface area contributed by atoms with E-state index in [-0.39, 0.29) is 12.2 Å². The van der Waals surface area contributed by atoms with Crippen molar-refractivity contribution in [2.45, 2.75) is 26.1 Å². The molecule has 2 nitrogen and oxygen atoms in total. The van der Waals surface area contributed by atoms with E-state index < -0.39 is 12.2 Å². The normalized spacial score (nSPS) is 13.9. The van der Waals surface area contributed by atoms with Crippen LogP contribution in [0.1, 0.15) is 24.2 Å². The van der Waals surface area contributed by atoms with Crippen LogP contribution in [0, 0.1) is 6.92 Å². The van der Waals surface area contributed by atoms with Gasteiger partial charge < -0.3 is 5.32 Å². The second kappa shape index (κ2) is 5.14. The third-order valence-corrected chi connectivity index (χ3v) is 2.94. The molecule has 0 aliphatic rings. The van der Waals surface area contributed by atoms with Crippen LogP contribution < -0.4 is 5.32 Å². The average molecular weight is 297 g/mol. The Hall–Kier alpha value is -0.620. The van der Waals surface area contributed by atoms with Crippen LogP contribution in [0.4, 0.5) is 13.2 Å². The van der Waals surface area contributed by atoms with Crippen molar-refractivity contribution in [3.8, 4) is 0 Å². The summed E-state index contributed by atoms with van der Waals surface area (Å²) in [6.07, 6.45) is -2.91. The molecule has 0 amide bonds. The van der Waals surface area contributed by atoms with Crippen LogP contribution in [0.3, 0.4) is 0 Å². The van der Waals surface area contributed by atoms with E-state index in [4.69, 9.17) is 0 Å². The van der Waals surface area contributed by atoms with Crippen LogP contribution in [0.5, 0.6) is 0 Å². The highest BCUT2D eigenvalue weighted by Crippen LogP contribution is 2.32. The van der Waals surface area contributed by atoms with Crippen molar-refractivity contribution in [3.63, 3.8) is 0 Å². The molecule has 0 bridgehead atoms. The molecule has 0 spiro atoms. The molecule has 1 atom stereocenters. The number of hydrogen-bond acceptors (Lipinski definition) is 2. The third kappa shape index (κ3) is 3.18. The number of alkyl halides is 3. The molecular formula is C10H12BrF3N2. The Balaban J connectivity index is 3.06. The number of halogens is 4. The van der Waals surface area contributed by atoms with Gasteiger partial charge in [0.2, 0.25) is 0 Å². The molecule has 6 heteroatoms. The van der Waals surface area contributed by atoms with Crippen molar-refractivity contribution < 1.29 is 13.2 Å². The molecule has 0 saturated carbocycles. The van der Waals surface area contributed by atoms with Crippen LogP contribution in [-0.4, -0.2) is 17.7 Å². The zero-order valence-corrected chi connectivity index (χ0v) is 10.5. The van der Waals surface area contributed by atoms with Gasteiger partial charge in [-0.05, 0) is 25.1 Å². The van der Waals surface area contributed by atoms with Gasteiger partial charge in [-0.15, -0.1) is 0 Å². The Kier molecular flexibility index (Phi) is 4.32. The summed E-state index contributed by atoms with van der Waals surface area (Å²) >= 11 is 3.20. The zero-order valence-electron chi connectivity index (χ0n) is 8.90. The summed E-state index contributed by atoms with van der Waals surface area (Å²) in [5.74, 6) is 0. The molecule has 0 aliphatic heterocycles. The number of aromatic nitrogens is 1. The van der Waals surface area contributed by atoms with Crippen LogP contribution in [0.15, 0.2) is 16.7 Å². The first-order valence-corrected chi connectivity index (χ1v) is 5.57. The van der Waals surface area contributed by atoms with E-state index in [2.05, 4.69) is 26.2 Å². The molecule has 0 aromatic carbocycles. The number of hydrogen-bond donors (Lipinski definition) is 1. The molecule has 1 unspecified atom stereocenters. The maximum atomic E-state index is 12.7. The maximum Gasteiger partial charge on any atom is 0.409 e. The Bertz CT molecular complexity index is 366. The number of nitrogens with one attached hydrogen (secondary N) is 1. The lowest BCUT2D eigenvalue weighted by Gasteiger charge is -2.20. The predicted octanol–water partition coefficient (Wildman–Crippen LogP) is 3.37. The fraction of sp³-hybridized carbons (Fsp3) is 0.500. The molecule has 0 radical (unpaired) electrons. The molecule has 1 heterocycles. The Morgan fingerprint density at radius 2 is 2.12 bits per heavy atom. The minimum atomic E-state index is -4.34. The fourth-order valence-corrected chi connectivity index (χ4v) is 1.60. The van der Waals surface area contributed by atoms with Crippen molar-refractivity contribution in [1.82, 2.24) is 10.3 Å². The quantitative estimate of drug-likeness (QED) is 0.925. The lowest BCUT2D eigenvalue weighted by Crippen LogP contribution is -2.34. The molecular weight excluding hydrogens is 285 g/mol.